The van der Waals surface area contributed by atoms with E-state index < -0.39 is 0 Å². The average Bonchev–Trinajstić information content (AvgIpc) is 3.21. The van der Waals surface area contributed by atoms with E-state index in [1.54, 1.807) is 19.4 Å². The minimum absolute atomic E-state index is 0.0533. The second-order valence-electron chi connectivity index (χ2n) is 6.38. The fourth-order valence-electron chi connectivity index (χ4n) is 3.33. The lowest BCUT2D eigenvalue weighted by Gasteiger charge is -2.17. The van der Waals surface area contributed by atoms with Gasteiger partial charge in [0.25, 0.3) is 0 Å². The van der Waals surface area contributed by atoms with Gasteiger partial charge in [0, 0.05) is 23.9 Å². The number of ether oxygens (including phenoxy) is 3. The van der Waals surface area contributed by atoms with Crippen molar-refractivity contribution in [1.82, 2.24) is 14.6 Å². The maximum atomic E-state index is 10.9. The Morgan fingerprint density at radius 1 is 0.967 bits per heavy atom. The van der Waals surface area contributed by atoms with Crippen molar-refractivity contribution in [3.05, 3.63) is 54.4 Å². The van der Waals surface area contributed by atoms with Gasteiger partial charge in [0.15, 0.2) is 5.65 Å². The number of aromatic nitrogens is 3. The molecule has 2 heterocycles. The summed E-state index contributed by atoms with van der Waals surface area (Å²) in [7, 11) is 4.61. The molecule has 0 fully saturated rings. The van der Waals surface area contributed by atoms with Gasteiger partial charge in [-0.15, -0.1) is 0 Å². The van der Waals surface area contributed by atoms with E-state index in [0.29, 0.717) is 45.3 Å². The summed E-state index contributed by atoms with van der Waals surface area (Å²) in [6.45, 7) is 0. The van der Waals surface area contributed by atoms with Crippen LogP contribution in [0.2, 0.25) is 0 Å². The molecule has 8 heteroatoms. The molecule has 0 aliphatic rings. The minimum Gasteiger partial charge on any atom is -0.507 e. The molecule has 2 aromatic carbocycles. The predicted molar refractivity (Wildman–Crippen MR) is 110 cm³/mol. The predicted octanol–water partition coefficient (Wildman–Crippen LogP) is 3.67. The zero-order chi connectivity index (χ0) is 21.3. The summed E-state index contributed by atoms with van der Waals surface area (Å²) in [4.78, 5) is 4.44. The first-order valence-electron chi connectivity index (χ1n) is 8.97. The number of hydrogen-bond donors (Lipinski definition) is 1. The Morgan fingerprint density at radius 3 is 2.33 bits per heavy atom. The SMILES string of the molecule is COc1ccc(-c2cnc3c(C#N)cnn3c2-c2c(O)cc(OC)cc2OC)cc1. The Bertz CT molecular complexity index is 1270. The third-order valence-electron chi connectivity index (χ3n) is 4.80. The highest BCUT2D eigenvalue weighted by Crippen LogP contribution is 2.45. The number of phenols is 1. The van der Waals surface area contributed by atoms with Gasteiger partial charge in [0.2, 0.25) is 0 Å². The van der Waals surface area contributed by atoms with Crippen molar-refractivity contribution in [2.75, 3.05) is 21.3 Å². The summed E-state index contributed by atoms with van der Waals surface area (Å²) in [6.07, 6.45) is 3.09. The largest absolute Gasteiger partial charge is 0.507 e. The van der Waals surface area contributed by atoms with E-state index >= 15 is 0 Å². The van der Waals surface area contributed by atoms with Crippen LogP contribution in [0.5, 0.6) is 23.0 Å². The van der Waals surface area contributed by atoms with Gasteiger partial charge in [0.05, 0.1) is 38.8 Å². The third-order valence-corrected chi connectivity index (χ3v) is 4.80. The first kappa shape index (κ1) is 19.1. The molecule has 0 amide bonds. The molecule has 4 rings (SSSR count). The molecule has 0 aliphatic heterocycles. The fraction of sp³-hybridized carbons (Fsp3) is 0.136. The van der Waals surface area contributed by atoms with Crippen LogP contribution in [0.1, 0.15) is 5.56 Å². The molecule has 0 radical (unpaired) electrons. The zero-order valence-corrected chi connectivity index (χ0v) is 16.6. The van der Waals surface area contributed by atoms with Crippen molar-refractivity contribution < 1.29 is 19.3 Å². The number of fused-ring (bicyclic) bond motifs is 1. The maximum absolute atomic E-state index is 10.9. The van der Waals surface area contributed by atoms with E-state index in [9.17, 15) is 10.4 Å². The van der Waals surface area contributed by atoms with E-state index in [2.05, 4.69) is 16.2 Å². The number of nitrogens with zero attached hydrogens (tertiary/aromatic N) is 4. The van der Waals surface area contributed by atoms with Crippen molar-refractivity contribution >= 4 is 5.65 Å². The lowest BCUT2D eigenvalue weighted by atomic mass is 9.99. The summed E-state index contributed by atoms with van der Waals surface area (Å²) in [5, 5.41) is 24.6. The summed E-state index contributed by atoms with van der Waals surface area (Å²) < 4.78 is 17.6. The number of methoxy groups -OCH3 is 3. The maximum Gasteiger partial charge on any atom is 0.173 e. The quantitative estimate of drug-likeness (QED) is 0.543. The van der Waals surface area contributed by atoms with Crippen molar-refractivity contribution in [1.29, 1.82) is 5.26 Å². The number of nitriles is 1. The molecular formula is C22H18N4O4. The Labute approximate surface area is 172 Å². The van der Waals surface area contributed by atoms with Gasteiger partial charge in [-0.1, -0.05) is 12.1 Å². The molecule has 2 aromatic heterocycles. The molecule has 0 unspecified atom stereocenters. The van der Waals surface area contributed by atoms with Gasteiger partial charge in [-0.05, 0) is 17.7 Å². The summed E-state index contributed by atoms with van der Waals surface area (Å²) in [6, 6.07) is 12.7. The van der Waals surface area contributed by atoms with Crippen LogP contribution < -0.4 is 14.2 Å². The lowest BCUT2D eigenvalue weighted by molar-refractivity contribution is 0.386. The Balaban J connectivity index is 2.09. The molecular weight excluding hydrogens is 384 g/mol. The first-order valence-corrected chi connectivity index (χ1v) is 8.97. The molecule has 0 bridgehead atoms. The van der Waals surface area contributed by atoms with Gasteiger partial charge in [-0.3, -0.25) is 0 Å². The van der Waals surface area contributed by atoms with Crippen molar-refractivity contribution in [2.24, 2.45) is 0 Å². The molecule has 8 nitrogen and oxygen atoms in total. The van der Waals surface area contributed by atoms with Crippen LogP contribution in [-0.4, -0.2) is 41.0 Å². The molecule has 0 spiro atoms. The average molecular weight is 402 g/mol. The van der Waals surface area contributed by atoms with Crippen molar-refractivity contribution in [3.63, 3.8) is 0 Å². The molecule has 0 aliphatic carbocycles. The van der Waals surface area contributed by atoms with Crippen LogP contribution in [0.25, 0.3) is 28.0 Å². The topological polar surface area (TPSA) is 102 Å². The fourth-order valence-corrected chi connectivity index (χ4v) is 3.33. The summed E-state index contributed by atoms with van der Waals surface area (Å²) >= 11 is 0. The minimum atomic E-state index is -0.0533. The van der Waals surface area contributed by atoms with Crippen molar-refractivity contribution in [2.45, 2.75) is 0 Å². The van der Waals surface area contributed by atoms with E-state index in [4.69, 9.17) is 14.2 Å². The Morgan fingerprint density at radius 2 is 1.70 bits per heavy atom. The number of benzene rings is 2. The van der Waals surface area contributed by atoms with Gasteiger partial charge in [0.1, 0.15) is 34.6 Å². The number of rotatable bonds is 5. The first-order chi connectivity index (χ1) is 14.6. The standard InChI is InChI=1S/C22H18N4O4/c1-28-15-6-4-13(5-7-15)17-12-24-22-14(10-23)11-25-26(22)21(17)20-18(27)8-16(29-2)9-19(20)30-3/h4-9,11-12,27H,1-3H3. The third kappa shape index (κ3) is 3.02. The van der Waals surface area contributed by atoms with E-state index in [1.165, 1.54) is 31.0 Å². The molecule has 0 saturated heterocycles. The zero-order valence-electron chi connectivity index (χ0n) is 16.6. The van der Waals surface area contributed by atoms with Crippen molar-refractivity contribution in [3.8, 4) is 51.5 Å². The van der Waals surface area contributed by atoms with Crippen LogP contribution in [-0.2, 0) is 0 Å². The summed E-state index contributed by atoms with van der Waals surface area (Å²) in [5.74, 6) is 1.50. The Hall–Kier alpha value is -4.25. The monoisotopic (exact) mass is 402 g/mol. The van der Waals surface area contributed by atoms with E-state index in [0.717, 1.165) is 5.56 Å². The number of hydrogen-bond acceptors (Lipinski definition) is 7. The molecule has 1 N–H and O–H groups in total. The Kier molecular flexibility index (Phi) is 4.86. The van der Waals surface area contributed by atoms with Crippen LogP contribution in [0, 0.1) is 11.3 Å². The van der Waals surface area contributed by atoms with E-state index in [1.807, 2.05) is 24.3 Å². The van der Waals surface area contributed by atoms with Crippen LogP contribution >= 0.6 is 0 Å². The second-order valence-corrected chi connectivity index (χ2v) is 6.38. The number of aromatic hydroxyl groups is 1. The van der Waals surface area contributed by atoms with Crippen LogP contribution in [0.4, 0.5) is 0 Å². The molecule has 0 atom stereocenters. The normalized spacial score (nSPS) is 10.6. The van der Waals surface area contributed by atoms with Crippen LogP contribution in [0.3, 0.4) is 0 Å². The molecule has 150 valence electrons. The highest BCUT2D eigenvalue weighted by Gasteiger charge is 2.23. The number of phenolic OH excluding ortho intramolecular Hbond substituents is 1. The van der Waals surface area contributed by atoms with E-state index in [-0.39, 0.29) is 5.75 Å². The summed E-state index contributed by atoms with van der Waals surface area (Å²) in [5.41, 5.74) is 3.15. The lowest BCUT2D eigenvalue weighted by Crippen LogP contribution is -2.02. The molecule has 30 heavy (non-hydrogen) atoms. The smallest absolute Gasteiger partial charge is 0.173 e. The second kappa shape index (κ2) is 7.64. The van der Waals surface area contributed by atoms with Crippen LogP contribution in [0.15, 0.2) is 48.8 Å². The molecule has 0 saturated carbocycles. The van der Waals surface area contributed by atoms with Gasteiger partial charge in [-0.2, -0.15) is 10.4 Å². The molecule has 4 aromatic rings. The highest BCUT2D eigenvalue weighted by molar-refractivity contribution is 5.88. The highest BCUT2D eigenvalue weighted by atomic mass is 16.5. The van der Waals surface area contributed by atoms with Gasteiger partial charge < -0.3 is 19.3 Å². The van der Waals surface area contributed by atoms with Gasteiger partial charge in [-0.25, -0.2) is 9.50 Å². The van der Waals surface area contributed by atoms with Gasteiger partial charge >= 0.3 is 0 Å².